The number of aliphatic imine (C=N–C) groups is 1. The standard InChI is InChI=1S/C9H6N2O5/c12-6-10-9(13)16-5-7-1-3-8(4-2-7)11(14)15/h1-4H,5H2. The Labute approximate surface area is 89.5 Å². The summed E-state index contributed by atoms with van der Waals surface area (Å²) in [5, 5.41) is 10.3. The number of nitro groups is 1. The van der Waals surface area contributed by atoms with Gasteiger partial charge in [0.05, 0.1) is 4.92 Å². The topological polar surface area (TPSA) is 98.9 Å². The number of nitro benzene ring substituents is 1. The third-order valence-electron chi connectivity index (χ3n) is 1.65. The van der Waals surface area contributed by atoms with Gasteiger partial charge in [-0.15, -0.1) is 0 Å². The SMILES string of the molecule is O=C=NC(=O)OCc1ccc([N+](=O)[O-])cc1. The number of non-ortho nitro benzene ring substituents is 1. The van der Waals surface area contributed by atoms with Crippen molar-refractivity contribution in [2.24, 2.45) is 4.99 Å². The Bertz CT molecular complexity index is 447. The fourth-order valence-electron chi connectivity index (χ4n) is 0.929. The van der Waals surface area contributed by atoms with Gasteiger partial charge in [0.25, 0.3) is 5.69 Å². The summed E-state index contributed by atoms with van der Waals surface area (Å²) in [7, 11) is 0. The van der Waals surface area contributed by atoms with E-state index in [1.165, 1.54) is 24.3 Å². The number of benzene rings is 1. The Morgan fingerprint density at radius 1 is 1.44 bits per heavy atom. The molecule has 7 nitrogen and oxygen atoms in total. The molecule has 0 radical (unpaired) electrons. The van der Waals surface area contributed by atoms with E-state index in [1.54, 1.807) is 0 Å². The third kappa shape index (κ3) is 3.32. The minimum absolute atomic E-state index is 0.0546. The highest BCUT2D eigenvalue weighted by molar-refractivity contribution is 5.74. The van der Waals surface area contributed by atoms with E-state index in [9.17, 15) is 19.7 Å². The van der Waals surface area contributed by atoms with Crippen LogP contribution < -0.4 is 0 Å². The maximum atomic E-state index is 10.6. The molecule has 0 aromatic heterocycles. The fourth-order valence-corrected chi connectivity index (χ4v) is 0.929. The summed E-state index contributed by atoms with van der Waals surface area (Å²) in [6.07, 6.45) is -0.00889. The number of isocyanates is 1. The molecule has 0 heterocycles. The van der Waals surface area contributed by atoms with Crippen molar-refractivity contribution in [2.75, 3.05) is 0 Å². The van der Waals surface area contributed by atoms with E-state index in [1.807, 2.05) is 0 Å². The molecule has 0 spiro atoms. The molecule has 0 saturated heterocycles. The Balaban J connectivity index is 2.59. The molecule has 0 unspecified atom stereocenters. The highest BCUT2D eigenvalue weighted by atomic mass is 16.6. The predicted octanol–water partition coefficient (Wildman–Crippen LogP) is 1.57. The van der Waals surface area contributed by atoms with Gasteiger partial charge in [0.15, 0.2) is 0 Å². The lowest BCUT2D eigenvalue weighted by Crippen LogP contribution is -1.98. The van der Waals surface area contributed by atoms with Gasteiger partial charge in [-0.1, -0.05) is 4.99 Å². The monoisotopic (exact) mass is 222 g/mol. The average Bonchev–Trinajstić information content (AvgIpc) is 2.27. The van der Waals surface area contributed by atoms with Crippen LogP contribution in [0.25, 0.3) is 0 Å². The maximum absolute atomic E-state index is 10.6. The lowest BCUT2D eigenvalue weighted by molar-refractivity contribution is -0.384. The number of hydrogen-bond acceptors (Lipinski definition) is 5. The van der Waals surface area contributed by atoms with E-state index in [0.717, 1.165) is 6.08 Å². The van der Waals surface area contributed by atoms with Crippen LogP contribution in [-0.2, 0) is 16.1 Å². The number of carbonyl (C=O) groups excluding carboxylic acids is 2. The van der Waals surface area contributed by atoms with Gasteiger partial charge >= 0.3 is 6.09 Å². The summed E-state index contributed by atoms with van der Waals surface area (Å²) in [4.78, 5) is 32.8. The second-order valence-electron chi connectivity index (χ2n) is 2.68. The molecule has 0 bridgehead atoms. The number of carbonyl (C=O) groups is 1. The van der Waals surface area contributed by atoms with Gasteiger partial charge in [0, 0.05) is 12.1 Å². The Morgan fingerprint density at radius 3 is 2.56 bits per heavy atom. The molecule has 1 aromatic rings. The zero-order chi connectivity index (χ0) is 12.0. The van der Waals surface area contributed by atoms with Gasteiger partial charge in [-0.2, -0.15) is 0 Å². The van der Waals surface area contributed by atoms with Crippen LogP contribution >= 0.6 is 0 Å². The van der Waals surface area contributed by atoms with Crippen LogP contribution in [0.3, 0.4) is 0 Å². The molecule has 0 saturated carbocycles. The van der Waals surface area contributed by atoms with Crippen molar-refractivity contribution in [3.8, 4) is 0 Å². The highest BCUT2D eigenvalue weighted by Crippen LogP contribution is 2.12. The van der Waals surface area contributed by atoms with Crippen LogP contribution in [0.1, 0.15) is 5.56 Å². The molecular weight excluding hydrogens is 216 g/mol. The first-order chi connectivity index (χ1) is 7.63. The lowest BCUT2D eigenvalue weighted by atomic mass is 10.2. The van der Waals surface area contributed by atoms with E-state index >= 15 is 0 Å². The van der Waals surface area contributed by atoms with Gasteiger partial charge in [0.1, 0.15) is 6.61 Å². The first-order valence-corrected chi connectivity index (χ1v) is 4.11. The normalized spacial score (nSPS) is 9.00. The molecule has 1 aromatic carbocycles. The number of hydrogen-bond donors (Lipinski definition) is 0. The van der Waals surface area contributed by atoms with Crippen molar-refractivity contribution in [2.45, 2.75) is 6.61 Å². The molecule has 1 amide bonds. The first kappa shape index (κ1) is 11.5. The molecule has 82 valence electrons. The molecule has 7 heteroatoms. The lowest BCUT2D eigenvalue weighted by Gasteiger charge is -2.00. The number of rotatable bonds is 3. The zero-order valence-corrected chi connectivity index (χ0v) is 7.95. The van der Waals surface area contributed by atoms with Crippen LogP contribution in [0.5, 0.6) is 0 Å². The summed E-state index contributed by atoms with van der Waals surface area (Å²) < 4.78 is 4.53. The molecule has 0 fully saturated rings. The van der Waals surface area contributed by atoms with Gasteiger partial charge in [-0.05, 0) is 17.7 Å². The van der Waals surface area contributed by atoms with E-state index in [4.69, 9.17) is 0 Å². The number of amides is 1. The minimum Gasteiger partial charge on any atom is -0.443 e. The second kappa shape index (κ2) is 5.38. The summed E-state index contributed by atoms with van der Waals surface area (Å²) >= 11 is 0. The van der Waals surface area contributed by atoms with Crippen molar-refractivity contribution in [1.82, 2.24) is 0 Å². The highest BCUT2D eigenvalue weighted by Gasteiger charge is 2.05. The molecule has 16 heavy (non-hydrogen) atoms. The quantitative estimate of drug-likeness (QED) is 0.334. The van der Waals surface area contributed by atoms with E-state index in [2.05, 4.69) is 9.73 Å². The van der Waals surface area contributed by atoms with Crippen LogP contribution in [0, 0.1) is 10.1 Å². The molecular formula is C9H6N2O5. The number of ether oxygens (including phenoxy) is 1. The molecule has 0 N–H and O–H groups in total. The molecule has 0 atom stereocenters. The van der Waals surface area contributed by atoms with E-state index in [0.29, 0.717) is 5.56 Å². The Kier molecular flexibility index (Phi) is 3.88. The van der Waals surface area contributed by atoms with Crippen LogP contribution in [0.4, 0.5) is 10.5 Å². The molecule has 0 aliphatic rings. The minimum atomic E-state index is -1.05. The molecule has 1 rings (SSSR count). The smallest absolute Gasteiger partial charge is 0.443 e. The van der Waals surface area contributed by atoms with Gasteiger partial charge in [0.2, 0.25) is 6.08 Å². The third-order valence-corrected chi connectivity index (χ3v) is 1.65. The Morgan fingerprint density at radius 2 is 2.06 bits per heavy atom. The van der Waals surface area contributed by atoms with Crippen LogP contribution in [0.2, 0.25) is 0 Å². The summed E-state index contributed by atoms with van der Waals surface area (Å²) in [5.41, 5.74) is 0.501. The largest absolute Gasteiger partial charge is 0.444 e. The predicted molar refractivity (Wildman–Crippen MR) is 51.4 cm³/mol. The Hall–Kier alpha value is -2.53. The molecule has 0 aliphatic heterocycles. The summed E-state index contributed by atoms with van der Waals surface area (Å²) in [6, 6.07) is 5.45. The number of nitrogens with zero attached hydrogens (tertiary/aromatic N) is 2. The van der Waals surface area contributed by atoms with Crippen molar-refractivity contribution in [1.29, 1.82) is 0 Å². The molecule has 0 aliphatic carbocycles. The van der Waals surface area contributed by atoms with Gasteiger partial charge < -0.3 is 4.74 Å². The van der Waals surface area contributed by atoms with Crippen LogP contribution in [0.15, 0.2) is 29.3 Å². The zero-order valence-electron chi connectivity index (χ0n) is 7.95. The van der Waals surface area contributed by atoms with Crippen molar-refractivity contribution >= 4 is 17.9 Å². The van der Waals surface area contributed by atoms with Gasteiger partial charge in [-0.25, -0.2) is 9.59 Å². The summed E-state index contributed by atoms with van der Waals surface area (Å²) in [5.74, 6) is 0. The van der Waals surface area contributed by atoms with Crippen molar-refractivity contribution in [3.63, 3.8) is 0 Å². The van der Waals surface area contributed by atoms with Crippen LogP contribution in [-0.4, -0.2) is 17.1 Å². The van der Waals surface area contributed by atoms with E-state index in [-0.39, 0.29) is 12.3 Å². The van der Waals surface area contributed by atoms with E-state index < -0.39 is 11.0 Å². The maximum Gasteiger partial charge on any atom is 0.444 e. The van der Waals surface area contributed by atoms with Crippen molar-refractivity contribution in [3.05, 3.63) is 39.9 Å². The van der Waals surface area contributed by atoms with Gasteiger partial charge in [-0.3, -0.25) is 10.1 Å². The second-order valence-corrected chi connectivity index (χ2v) is 2.68. The average molecular weight is 222 g/mol. The fraction of sp³-hybridized carbons (Fsp3) is 0.111. The summed E-state index contributed by atoms with van der Waals surface area (Å²) in [6.45, 7) is -0.109. The van der Waals surface area contributed by atoms with Crippen molar-refractivity contribution < 1.29 is 19.2 Å². The first-order valence-electron chi connectivity index (χ1n) is 4.11.